The molecule has 0 amide bonds. The summed E-state index contributed by atoms with van der Waals surface area (Å²) in [5.41, 5.74) is 1.69. The summed E-state index contributed by atoms with van der Waals surface area (Å²) in [7, 11) is 0. The number of ether oxygens (including phenoxy) is 2. The zero-order valence-corrected chi connectivity index (χ0v) is 15.5. The van der Waals surface area contributed by atoms with Crippen LogP contribution in [0.25, 0.3) is 0 Å². The molecule has 3 nitrogen and oxygen atoms in total. The maximum Gasteiger partial charge on any atom is 0.183 e. The van der Waals surface area contributed by atoms with E-state index >= 15 is 0 Å². The fraction of sp³-hybridized carbons (Fsp3) is 0.682. The Labute approximate surface area is 152 Å². The second kappa shape index (κ2) is 9.36. The molecule has 0 bridgehead atoms. The molecule has 1 heterocycles. The number of hydrogen-bond donors (Lipinski definition) is 0. The second-order valence-corrected chi connectivity index (χ2v) is 7.77. The molecule has 1 aromatic rings. The normalized spacial score (nSPS) is 29.9. The van der Waals surface area contributed by atoms with Crippen LogP contribution in [-0.2, 0) is 9.47 Å². The molecular weight excluding hydrogens is 310 g/mol. The average molecular weight is 341 g/mol. The number of unbranched alkanes of at least 4 members (excludes halogenated alkanes) is 2. The SMILES string of the molecule is CCCCC[C@H]1CC[C@H]([C@H]2CO[C@H](c3ccc(C#N)cc3)OC2)CC1. The van der Waals surface area contributed by atoms with Crippen molar-refractivity contribution in [3.05, 3.63) is 35.4 Å². The molecule has 1 aliphatic carbocycles. The lowest BCUT2D eigenvalue weighted by Gasteiger charge is -2.38. The molecule has 1 aliphatic heterocycles. The van der Waals surface area contributed by atoms with Crippen LogP contribution < -0.4 is 0 Å². The van der Waals surface area contributed by atoms with Gasteiger partial charge in [0.05, 0.1) is 24.8 Å². The highest BCUT2D eigenvalue weighted by atomic mass is 16.7. The highest BCUT2D eigenvalue weighted by Gasteiger charge is 2.32. The Bertz CT molecular complexity index is 546. The Hall–Kier alpha value is -1.37. The lowest BCUT2D eigenvalue weighted by Crippen LogP contribution is -2.34. The Kier molecular flexibility index (Phi) is 6.90. The maximum atomic E-state index is 8.88. The molecule has 25 heavy (non-hydrogen) atoms. The molecule has 2 fully saturated rings. The average Bonchev–Trinajstić information content (AvgIpc) is 2.69. The van der Waals surface area contributed by atoms with Gasteiger partial charge in [-0.1, -0.05) is 57.6 Å². The van der Waals surface area contributed by atoms with E-state index in [0.29, 0.717) is 11.5 Å². The molecule has 3 heteroatoms. The lowest BCUT2D eigenvalue weighted by molar-refractivity contribution is -0.214. The van der Waals surface area contributed by atoms with Crippen LogP contribution >= 0.6 is 0 Å². The van der Waals surface area contributed by atoms with Gasteiger partial charge in [-0.15, -0.1) is 0 Å². The zero-order chi connectivity index (χ0) is 17.5. The van der Waals surface area contributed by atoms with E-state index in [2.05, 4.69) is 13.0 Å². The van der Waals surface area contributed by atoms with Gasteiger partial charge in [0.2, 0.25) is 0 Å². The minimum Gasteiger partial charge on any atom is -0.348 e. The van der Waals surface area contributed by atoms with Crippen LogP contribution in [-0.4, -0.2) is 13.2 Å². The fourth-order valence-electron chi connectivity index (χ4n) is 4.33. The summed E-state index contributed by atoms with van der Waals surface area (Å²) in [5.74, 6) is 2.27. The van der Waals surface area contributed by atoms with Crippen LogP contribution in [0.1, 0.15) is 75.7 Å². The molecule has 0 N–H and O–H groups in total. The van der Waals surface area contributed by atoms with Gasteiger partial charge in [-0.2, -0.15) is 5.26 Å². The van der Waals surface area contributed by atoms with E-state index in [1.807, 2.05) is 24.3 Å². The molecule has 1 aromatic carbocycles. The van der Waals surface area contributed by atoms with Crippen molar-refractivity contribution >= 4 is 0 Å². The van der Waals surface area contributed by atoms with Gasteiger partial charge in [0.1, 0.15) is 0 Å². The van der Waals surface area contributed by atoms with E-state index in [0.717, 1.165) is 30.6 Å². The Morgan fingerprint density at radius 1 is 0.960 bits per heavy atom. The second-order valence-electron chi connectivity index (χ2n) is 7.77. The first-order chi connectivity index (χ1) is 12.3. The number of hydrogen-bond acceptors (Lipinski definition) is 3. The smallest absolute Gasteiger partial charge is 0.183 e. The molecule has 0 aromatic heterocycles. The van der Waals surface area contributed by atoms with Crippen molar-refractivity contribution in [2.24, 2.45) is 17.8 Å². The predicted octanol–water partition coefficient (Wildman–Crippen LogP) is 5.61. The molecule has 1 saturated heterocycles. The fourth-order valence-corrected chi connectivity index (χ4v) is 4.33. The van der Waals surface area contributed by atoms with Crippen LogP contribution in [0.15, 0.2) is 24.3 Å². The summed E-state index contributed by atoms with van der Waals surface area (Å²) in [6, 6.07) is 9.67. The van der Waals surface area contributed by atoms with Crippen molar-refractivity contribution < 1.29 is 9.47 Å². The number of nitriles is 1. The van der Waals surface area contributed by atoms with E-state index in [1.54, 1.807) is 0 Å². The van der Waals surface area contributed by atoms with Crippen molar-refractivity contribution in [1.82, 2.24) is 0 Å². The van der Waals surface area contributed by atoms with Gasteiger partial charge in [0, 0.05) is 11.5 Å². The van der Waals surface area contributed by atoms with E-state index in [4.69, 9.17) is 14.7 Å². The number of benzene rings is 1. The van der Waals surface area contributed by atoms with Crippen molar-refractivity contribution in [1.29, 1.82) is 5.26 Å². The molecule has 136 valence electrons. The monoisotopic (exact) mass is 341 g/mol. The first kappa shape index (κ1) is 18.4. The molecule has 0 radical (unpaired) electrons. The quantitative estimate of drug-likeness (QED) is 0.632. The van der Waals surface area contributed by atoms with E-state index in [-0.39, 0.29) is 6.29 Å². The molecule has 1 saturated carbocycles. The summed E-state index contributed by atoms with van der Waals surface area (Å²) >= 11 is 0. The summed E-state index contributed by atoms with van der Waals surface area (Å²) < 4.78 is 12.0. The predicted molar refractivity (Wildman–Crippen MR) is 98.9 cm³/mol. The first-order valence-corrected chi connectivity index (χ1v) is 10.0. The van der Waals surface area contributed by atoms with Crippen LogP contribution in [0, 0.1) is 29.1 Å². The van der Waals surface area contributed by atoms with E-state index in [9.17, 15) is 0 Å². The third kappa shape index (κ3) is 5.06. The van der Waals surface area contributed by atoms with Gasteiger partial charge >= 0.3 is 0 Å². The largest absolute Gasteiger partial charge is 0.348 e. The van der Waals surface area contributed by atoms with Gasteiger partial charge in [0.25, 0.3) is 0 Å². The topological polar surface area (TPSA) is 42.2 Å². The van der Waals surface area contributed by atoms with Gasteiger partial charge in [-0.25, -0.2) is 0 Å². The number of rotatable bonds is 6. The van der Waals surface area contributed by atoms with Crippen molar-refractivity contribution in [3.8, 4) is 6.07 Å². The van der Waals surface area contributed by atoms with Gasteiger partial charge in [0.15, 0.2) is 6.29 Å². The lowest BCUT2D eigenvalue weighted by atomic mass is 9.74. The highest BCUT2D eigenvalue weighted by molar-refractivity contribution is 5.32. The van der Waals surface area contributed by atoms with E-state index in [1.165, 1.54) is 51.4 Å². The van der Waals surface area contributed by atoms with Crippen LogP contribution in [0.2, 0.25) is 0 Å². The molecule has 2 aliphatic rings. The van der Waals surface area contributed by atoms with Crippen LogP contribution in [0.3, 0.4) is 0 Å². The number of nitrogens with zero attached hydrogens (tertiary/aromatic N) is 1. The molecule has 3 rings (SSSR count). The van der Waals surface area contributed by atoms with Crippen LogP contribution in [0.5, 0.6) is 0 Å². The maximum absolute atomic E-state index is 8.88. The van der Waals surface area contributed by atoms with Crippen molar-refractivity contribution in [3.63, 3.8) is 0 Å². The van der Waals surface area contributed by atoms with Gasteiger partial charge < -0.3 is 9.47 Å². The molecular formula is C22H31NO2. The first-order valence-electron chi connectivity index (χ1n) is 10.0. The Morgan fingerprint density at radius 2 is 1.64 bits per heavy atom. The third-order valence-corrected chi connectivity index (χ3v) is 6.01. The minimum absolute atomic E-state index is 0.269. The van der Waals surface area contributed by atoms with Gasteiger partial charge in [-0.05, 0) is 36.8 Å². The van der Waals surface area contributed by atoms with Gasteiger partial charge in [-0.3, -0.25) is 0 Å². The van der Waals surface area contributed by atoms with Crippen molar-refractivity contribution in [2.45, 2.75) is 64.6 Å². The standard InChI is InChI=1S/C22H31NO2/c1-2-3-4-5-17-6-10-19(11-7-17)21-15-24-22(25-16-21)20-12-8-18(14-23)9-13-20/h8-9,12-13,17,19,21-22H,2-7,10-11,15-16H2,1H3/t17-,19-,21-,22-. The summed E-state index contributed by atoms with van der Waals surface area (Å²) in [5, 5.41) is 8.88. The summed E-state index contributed by atoms with van der Waals surface area (Å²) in [4.78, 5) is 0. The Morgan fingerprint density at radius 3 is 2.24 bits per heavy atom. The summed E-state index contributed by atoms with van der Waals surface area (Å²) in [6.07, 6.45) is 10.8. The Balaban J connectivity index is 1.41. The molecule has 0 spiro atoms. The van der Waals surface area contributed by atoms with Crippen molar-refractivity contribution in [2.75, 3.05) is 13.2 Å². The molecule has 0 atom stereocenters. The van der Waals surface area contributed by atoms with E-state index < -0.39 is 0 Å². The summed E-state index contributed by atoms with van der Waals surface area (Å²) in [6.45, 7) is 3.89. The molecule has 0 unspecified atom stereocenters. The highest BCUT2D eigenvalue weighted by Crippen LogP contribution is 2.38. The van der Waals surface area contributed by atoms with Crippen LogP contribution in [0.4, 0.5) is 0 Å². The minimum atomic E-state index is -0.269. The third-order valence-electron chi connectivity index (χ3n) is 6.01. The zero-order valence-electron chi connectivity index (χ0n) is 15.5.